The predicted molar refractivity (Wildman–Crippen MR) is 84.9 cm³/mol. The third kappa shape index (κ3) is 3.51. The fraction of sp³-hybridized carbons (Fsp3) is 0.438. The molecular weight excluding hydrogens is 339 g/mol. The summed E-state index contributed by atoms with van der Waals surface area (Å²) in [5.74, 6) is -1.93. The van der Waals surface area contributed by atoms with Crippen molar-refractivity contribution in [1.29, 1.82) is 0 Å². The quantitative estimate of drug-likeness (QED) is 0.667. The van der Waals surface area contributed by atoms with Crippen molar-refractivity contribution in [3.05, 3.63) is 34.6 Å². The molecule has 0 saturated carbocycles. The van der Waals surface area contributed by atoms with Gasteiger partial charge in [0.2, 0.25) is 0 Å². The van der Waals surface area contributed by atoms with Crippen LogP contribution in [0.3, 0.4) is 0 Å². The van der Waals surface area contributed by atoms with E-state index in [1.165, 1.54) is 13.0 Å². The molecule has 130 valence electrons. The lowest BCUT2D eigenvalue weighted by Crippen LogP contribution is -2.42. The lowest BCUT2D eigenvalue weighted by Gasteiger charge is -2.24. The first-order chi connectivity index (χ1) is 10.9. The van der Waals surface area contributed by atoms with E-state index in [-0.39, 0.29) is 10.6 Å². The van der Waals surface area contributed by atoms with Gasteiger partial charge in [-0.1, -0.05) is 17.7 Å². The van der Waals surface area contributed by atoms with Gasteiger partial charge in [0.05, 0.1) is 0 Å². The van der Waals surface area contributed by atoms with Gasteiger partial charge in [0.1, 0.15) is 23.5 Å². The van der Waals surface area contributed by atoms with Crippen LogP contribution in [0.4, 0.5) is 9.18 Å². The first kappa shape index (κ1) is 18.2. The van der Waals surface area contributed by atoms with Crippen LogP contribution in [0.1, 0.15) is 33.3 Å². The van der Waals surface area contributed by atoms with Gasteiger partial charge in [0.15, 0.2) is 0 Å². The van der Waals surface area contributed by atoms with Crippen molar-refractivity contribution in [2.75, 3.05) is 6.54 Å². The highest BCUT2D eigenvalue weighted by atomic mass is 35.5. The summed E-state index contributed by atoms with van der Waals surface area (Å²) in [7, 11) is 0. The predicted octanol–water partition coefficient (Wildman–Crippen LogP) is 2.59. The van der Waals surface area contributed by atoms with Gasteiger partial charge in [-0.2, -0.15) is 0 Å². The van der Waals surface area contributed by atoms with Crippen molar-refractivity contribution in [2.24, 2.45) is 0 Å². The molecule has 0 radical (unpaired) electrons. The van der Waals surface area contributed by atoms with Gasteiger partial charge in [-0.3, -0.25) is 14.5 Å². The van der Waals surface area contributed by atoms with E-state index in [2.05, 4.69) is 5.32 Å². The highest BCUT2D eigenvalue weighted by Crippen LogP contribution is 2.33. The maximum absolute atomic E-state index is 13.2. The van der Waals surface area contributed by atoms with Crippen LogP contribution >= 0.6 is 11.6 Å². The molecule has 1 aromatic carbocycles. The Morgan fingerprint density at radius 3 is 2.54 bits per heavy atom. The lowest BCUT2D eigenvalue weighted by atomic mass is 9.92. The Hall–Kier alpha value is -2.15. The third-order valence-electron chi connectivity index (χ3n) is 3.45. The van der Waals surface area contributed by atoms with Gasteiger partial charge >= 0.3 is 12.0 Å². The number of rotatable bonds is 3. The second kappa shape index (κ2) is 6.05. The summed E-state index contributed by atoms with van der Waals surface area (Å²) < 4.78 is 18.3. The van der Waals surface area contributed by atoms with E-state index >= 15 is 0 Å². The molecule has 2 rings (SSSR count). The molecule has 1 N–H and O–H groups in total. The third-order valence-corrected chi connectivity index (χ3v) is 3.76. The number of imide groups is 1. The molecule has 3 amide bonds. The molecule has 1 aromatic rings. The normalized spacial score (nSPS) is 21.0. The number of benzene rings is 1. The Bertz CT molecular complexity index is 717. The van der Waals surface area contributed by atoms with Crippen LogP contribution in [-0.4, -0.2) is 35.0 Å². The minimum Gasteiger partial charge on any atom is -0.459 e. The summed E-state index contributed by atoms with van der Waals surface area (Å²) in [6.45, 7) is 5.97. The topological polar surface area (TPSA) is 75.7 Å². The minimum atomic E-state index is -1.48. The molecule has 1 fully saturated rings. The van der Waals surface area contributed by atoms with E-state index in [1.807, 2.05) is 0 Å². The average Bonchev–Trinajstić information content (AvgIpc) is 2.61. The zero-order valence-corrected chi connectivity index (χ0v) is 14.5. The number of ether oxygens (including phenoxy) is 1. The molecule has 1 unspecified atom stereocenters. The lowest BCUT2D eigenvalue weighted by molar-refractivity contribution is -0.157. The molecule has 1 atom stereocenters. The van der Waals surface area contributed by atoms with Crippen molar-refractivity contribution >= 4 is 29.5 Å². The molecule has 24 heavy (non-hydrogen) atoms. The van der Waals surface area contributed by atoms with Crippen molar-refractivity contribution in [2.45, 2.75) is 38.8 Å². The van der Waals surface area contributed by atoms with E-state index in [1.54, 1.807) is 20.8 Å². The molecule has 1 aliphatic rings. The van der Waals surface area contributed by atoms with Crippen molar-refractivity contribution in [3.8, 4) is 0 Å². The first-order valence-corrected chi connectivity index (χ1v) is 7.63. The summed E-state index contributed by atoms with van der Waals surface area (Å²) in [4.78, 5) is 37.4. The molecule has 0 spiro atoms. The van der Waals surface area contributed by atoms with Gasteiger partial charge in [-0.25, -0.2) is 9.18 Å². The van der Waals surface area contributed by atoms with Crippen LogP contribution in [0.25, 0.3) is 0 Å². The number of urea groups is 1. The van der Waals surface area contributed by atoms with Crippen molar-refractivity contribution < 1.29 is 23.5 Å². The van der Waals surface area contributed by atoms with Gasteiger partial charge in [-0.05, 0) is 39.8 Å². The molecular formula is C16H18ClFN2O4. The highest BCUT2D eigenvalue weighted by Gasteiger charge is 2.50. The van der Waals surface area contributed by atoms with Crippen LogP contribution in [0, 0.1) is 5.82 Å². The Morgan fingerprint density at radius 2 is 2.00 bits per heavy atom. The van der Waals surface area contributed by atoms with Crippen LogP contribution in [-0.2, 0) is 19.9 Å². The summed E-state index contributed by atoms with van der Waals surface area (Å²) in [6.07, 6.45) is 0. The number of hydrogen-bond donors (Lipinski definition) is 1. The van der Waals surface area contributed by atoms with Crippen LogP contribution < -0.4 is 5.32 Å². The monoisotopic (exact) mass is 356 g/mol. The first-order valence-electron chi connectivity index (χ1n) is 7.25. The number of carbonyl (C=O) groups excluding carboxylic acids is 3. The molecule has 1 heterocycles. The van der Waals surface area contributed by atoms with Crippen molar-refractivity contribution in [3.63, 3.8) is 0 Å². The minimum absolute atomic E-state index is 0.00488. The number of hydrogen-bond acceptors (Lipinski definition) is 4. The van der Waals surface area contributed by atoms with E-state index in [4.69, 9.17) is 16.3 Å². The number of nitrogens with zero attached hydrogens (tertiary/aromatic N) is 1. The SMILES string of the molecule is CC(C)(C)OC(=O)CN1C(=O)NC(C)(c2ccc(F)cc2Cl)C1=O. The Labute approximate surface area is 143 Å². The summed E-state index contributed by atoms with van der Waals surface area (Å²) in [5, 5.41) is 2.50. The molecule has 0 aromatic heterocycles. The maximum atomic E-state index is 13.2. The number of esters is 1. The van der Waals surface area contributed by atoms with E-state index in [0.717, 1.165) is 17.0 Å². The maximum Gasteiger partial charge on any atom is 0.326 e. The smallest absolute Gasteiger partial charge is 0.326 e. The zero-order valence-electron chi connectivity index (χ0n) is 13.8. The van der Waals surface area contributed by atoms with Crippen molar-refractivity contribution in [1.82, 2.24) is 10.2 Å². The van der Waals surface area contributed by atoms with E-state index < -0.39 is 41.4 Å². The molecule has 1 saturated heterocycles. The van der Waals surface area contributed by atoms with Crippen LogP contribution in [0.2, 0.25) is 5.02 Å². The standard InChI is InChI=1S/C16H18ClFN2O4/c1-15(2,3)24-12(21)8-20-13(22)16(4,19-14(20)23)10-6-5-9(18)7-11(10)17/h5-7H,8H2,1-4H3,(H,19,23). The van der Waals surface area contributed by atoms with E-state index in [0.29, 0.717) is 0 Å². The van der Waals surface area contributed by atoms with Crippen LogP contribution in [0.5, 0.6) is 0 Å². The number of amides is 3. The van der Waals surface area contributed by atoms with Gasteiger partial charge in [0, 0.05) is 10.6 Å². The molecule has 6 nitrogen and oxygen atoms in total. The molecule has 0 aliphatic carbocycles. The highest BCUT2D eigenvalue weighted by molar-refractivity contribution is 6.32. The fourth-order valence-electron chi connectivity index (χ4n) is 2.42. The number of nitrogens with one attached hydrogen (secondary N) is 1. The summed E-state index contributed by atoms with van der Waals surface area (Å²) >= 11 is 6.00. The van der Waals surface area contributed by atoms with Gasteiger partial charge in [0.25, 0.3) is 5.91 Å². The van der Waals surface area contributed by atoms with Gasteiger partial charge < -0.3 is 10.1 Å². The second-order valence-corrected chi connectivity index (χ2v) is 7.06. The fourth-order valence-corrected chi connectivity index (χ4v) is 2.78. The second-order valence-electron chi connectivity index (χ2n) is 6.66. The largest absolute Gasteiger partial charge is 0.459 e. The number of carbonyl (C=O) groups is 3. The molecule has 1 aliphatic heterocycles. The van der Waals surface area contributed by atoms with Crippen LogP contribution in [0.15, 0.2) is 18.2 Å². The zero-order chi connectivity index (χ0) is 18.3. The van der Waals surface area contributed by atoms with Gasteiger partial charge in [-0.15, -0.1) is 0 Å². The Balaban J connectivity index is 2.26. The van der Waals surface area contributed by atoms with E-state index in [9.17, 15) is 18.8 Å². The average molecular weight is 357 g/mol. The summed E-state index contributed by atoms with van der Waals surface area (Å²) in [6, 6.07) is 2.78. The Kier molecular flexibility index (Phi) is 4.59. The molecule has 8 heteroatoms. The summed E-state index contributed by atoms with van der Waals surface area (Å²) in [5.41, 5.74) is -1.97. The molecule has 0 bridgehead atoms. The Morgan fingerprint density at radius 1 is 1.38 bits per heavy atom. The number of halogens is 2.